The molecule has 10 atom stereocenters. The van der Waals surface area contributed by atoms with Crippen LogP contribution < -0.4 is 0 Å². The van der Waals surface area contributed by atoms with E-state index in [1.54, 1.807) is 0 Å². The summed E-state index contributed by atoms with van der Waals surface area (Å²) in [6, 6.07) is 0. The van der Waals surface area contributed by atoms with Gasteiger partial charge in [0.2, 0.25) is 0 Å². The van der Waals surface area contributed by atoms with Gasteiger partial charge in [0.1, 0.15) is 48.8 Å². The fraction of sp³-hybridized carbons (Fsp3) is 1.00. The number of aliphatic hydroxyl groups excluding tert-OH is 7. The van der Waals surface area contributed by atoms with Crippen LogP contribution in [0.25, 0.3) is 0 Å². The Morgan fingerprint density at radius 3 is 1.93 bits per heavy atom. The molecule has 11 heteroatoms. The zero-order valence-electron chi connectivity index (χ0n) is 15.9. The Hall–Kier alpha value is -0.440. The third-order valence-electron chi connectivity index (χ3n) is 4.96. The lowest BCUT2D eigenvalue weighted by Crippen LogP contribution is -2.64. The van der Waals surface area contributed by atoms with Crippen molar-refractivity contribution >= 4 is 0 Å². The van der Waals surface area contributed by atoms with E-state index in [9.17, 15) is 35.7 Å². The number of aliphatic hydroxyl groups is 7. The highest BCUT2D eigenvalue weighted by atomic mass is 16.7. The van der Waals surface area contributed by atoms with Gasteiger partial charge < -0.3 is 54.7 Å². The second kappa shape index (κ2) is 10.5. The van der Waals surface area contributed by atoms with E-state index in [2.05, 4.69) is 0 Å². The molecule has 2 aliphatic rings. The van der Waals surface area contributed by atoms with Crippen molar-refractivity contribution in [2.45, 2.75) is 87.6 Å². The Morgan fingerprint density at radius 1 is 0.750 bits per heavy atom. The molecule has 0 radical (unpaired) electrons. The standard InChI is InChI=1S/C17H32O11/c1-7(2)25-4-3-8-11(20)14(23)16(10(6-19)26-8)28-17-15(24)13(22)12(21)9(5-18)27-17/h7-24H,3-6H2,1-2H3. The summed E-state index contributed by atoms with van der Waals surface area (Å²) >= 11 is 0. The Labute approximate surface area is 163 Å². The summed E-state index contributed by atoms with van der Waals surface area (Å²) in [5.74, 6) is 0. The van der Waals surface area contributed by atoms with Gasteiger partial charge in [0.05, 0.1) is 25.4 Å². The lowest BCUT2D eigenvalue weighted by molar-refractivity contribution is -0.342. The van der Waals surface area contributed by atoms with Crippen molar-refractivity contribution < 1.29 is 54.7 Å². The molecule has 0 aromatic heterocycles. The molecule has 7 N–H and O–H groups in total. The summed E-state index contributed by atoms with van der Waals surface area (Å²) in [6.07, 6.45) is -13.3. The Bertz CT molecular complexity index is 460. The molecule has 0 saturated carbocycles. The van der Waals surface area contributed by atoms with Crippen molar-refractivity contribution in [1.29, 1.82) is 0 Å². The highest BCUT2D eigenvalue weighted by Crippen LogP contribution is 2.30. The smallest absolute Gasteiger partial charge is 0.187 e. The van der Waals surface area contributed by atoms with Gasteiger partial charge in [-0.3, -0.25) is 0 Å². The maximum atomic E-state index is 10.5. The summed E-state index contributed by atoms with van der Waals surface area (Å²) in [6.45, 7) is 2.80. The molecule has 10 unspecified atom stereocenters. The highest BCUT2D eigenvalue weighted by Gasteiger charge is 2.50. The van der Waals surface area contributed by atoms with E-state index in [-0.39, 0.29) is 19.1 Å². The third kappa shape index (κ3) is 5.37. The molecule has 0 spiro atoms. The van der Waals surface area contributed by atoms with Crippen LogP contribution in [0.2, 0.25) is 0 Å². The van der Waals surface area contributed by atoms with E-state index < -0.39 is 74.4 Å². The molecule has 2 saturated heterocycles. The van der Waals surface area contributed by atoms with Gasteiger partial charge in [-0.2, -0.15) is 0 Å². The molecule has 166 valence electrons. The molecular formula is C17H32O11. The monoisotopic (exact) mass is 412 g/mol. The van der Waals surface area contributed by atoms with Gasteiger partial charge in [0, 0.05) is 6.61 Å². The number of hydrogen-bond acceptors (Lipinski definition) is 11. The van der Waals surface area contributed by atoms with Crippen LogP contribution in [-0.4, -0.2) is 123 Å². The first kappa shape index (κ1) is 23.8. The van der Waals surface area contributed by atoms with E-state index >= 15 is 0 Å². The minimum Gasteiger partial charge on any atom is -0.394 e. The predicted octanol–water partition coefficient (Wildman–Crippen LogP) is -3.53. The minimum absolute atomic E-state index is 0.0124. The first-order valence-corrected chi connectivity index (χ1v) is 9.41. The average Bonchev–Trinajstić information content (AvgIpc) is 2.66. The quantitative estimate of drug-likeness (QED) is 0.210. The lowest BCUT2D eigenvalue weighted by atomic mass is 9.93. The molecule has 0 amide bonds. The van der Waals surface area contributed by atoms with E-state index in [1.807, 2.05) is 13.8 Å². The molecular weight excluding hydrogens is 380 g/mol. The van der Waals surface area contributed by atoms with Crippen LogP contribution in [0.5, 0.6) is 0 Å². The third-order valence-corrected chi connectivity index (χ3v) is 4.96. The summed E-state index contributed by atoms with van der Waals surface area (Å²) in [4.78, 5) is 0. The van der Waals surface area contributed by atoms with Gasteiger partial charge >= 0.3 is 0 Å². The van der Waals surface area contributed by atoms with Crippen LogP contribution in [0.1, 0.15) is 20.3 Å². The maximum absolute atomic E-state index is 10.5. The van der Waals surface area contributed by atoms with Gasteiger partial charge in [-0.15, -0.1) is 0 Å². The van der Waals surface area contributed by atoms with Gasteiger partial charge in [0.25, 0.3) is 0 Å². The Kier molecular flexibility index (Phi) is 8.98. The minimum atomic E-state index is -1.68. The van der Waals surface area contributed by atoms with Crippen LogP contribution in [0.3, 0.4) is 0 Å². The highest BCUT2D eigenvalue weighted by molar-refractivity contribution is 4.95. The van der Waals surface area contributed by atoms with Crippen LogP contribution in [0, 0.1) is 0 Å². The summed E-state index contributed by atoms with van der Waals surface area (Å²) in [5, 5.41) is 69.4. The van der Waals surface area contributed by atoms with Crippen molar-refractivity contribution in [3.63, 3.8) is 0 Å². The summed E-state index contributed by atoms with van der Waals surface area (Å²) in [7, 11) is 0. The molecule has 11 nitrogen and oxygen atoms in total. The van der Waals surface area contributed by atoms with E-state index in [4.69, 9.17) is 18.9 Å². The van der Waals surface area contributed by atoms with Crippen molar-refractivity contribution in [1.82, 2.24) is 0 Å². The molecule has 2 fully saturated rings. The number of ether oxygens (including phenoxy) is 4. The molecule has 2 heterocycles. The van der Waals surface area contributed by atoms with E-state index in [0.29, 0.717) is 0 Å². The molecule has 0 aliphatic carbocycles. The van der Waals surface area contributed by atoms with E-state index in [1.165, 1.54) is 0 Å². The van der Waals surface area contributed by atoms with Crippen molar-refractivity contribution in [2.24, 2.45) is 0 Å². The molecule has 2 aliphatic heterocycles. The largest absolute Gasteiger partial charge is 0.394 e. The molecule has 28 heavy (non-hydrogen) atoms. The Balaban J connectivity index is 2.04. The second-order valence-electron chi connectivity index (χ2n) is 7.38. The lowest BCUT2D eigenvalue weighted by Gasteiger charge is -2.46. The predicted molar refractivity (Wildman–Crippen MR) is 92.1 cm³/mol. The Morgan fingerprint density at radius 2 is 1.36 bits per heavy atom. The van der Waals surface area contributed by atoms with Gasteiger partial charge in [-0.05, 0) is 20.3 Å². The topological polar surface area (TPSA) is 179 Å². The zero-order valence-corrected chi connectivity index (χ0v) is 15.9. The van der Waals surface area contributed by atoms with Crippen LogP contribution in [0.15, 0.2) is 0 Å². The average molecular weight is 412 g/mol. The van der Waals surface area contributed by atoms with Gasteiger partial charge in [0.15, 0.2) is 6.29 Å². The first-order valence-electron chi connectivity index (χ1n) is 9.41. The van der Waals surface area contributed by atoms with Crippen LogP contribution in [0.4, 0.5) is 0 Å². The number of rotatable bonds is 8. The van der Waals surface area contributed by atoms with Gasteiger partial charge in [-0.25, -0.2) is 0 Å². The van der Waals surface area contributed by atoms with Crippen LogP contribution in [-0.2, 0) is 18.9 Å². The zero-order chi connectivity index (χ0) is 21.0. The second-order valence-corrected chi connectivity index (χ2v) is 7.38. The molecule has 0 aromatic carbocycles. The van der Waals surface area contributed by atoms with Crippen molar-refractivity contribution in [3.05, 3.63) is 0 Å². The van der Waals surface area contributed by atoms with Crippen molar-refractivity contribution in [3.8, 4) is 0 Å². The summed E-state index contributed by atoms with van der Waals surface area (Å²) in [5.41, 5.74) is 0. The fourth-order valence-corrected chi connectivity index (χ4v) is 3.33. The van der Waals surface area contributed by atoms with Crippen LogP contribution >= 0.6 is 0 Å². The van der Waals surface area contributed by atoms with E-state index in [0.717, 1.165) is 0 Å². The number of hydrogen-bond donors (Lipinski definition) is 7. The van der Waals surface area contributed by atoms with Gasteiger partial charge in [-0.1, -0.05) is 0 Å². The molecule has 0 aromatic rings. The summed E-state index contributed by atoms with van der Waals surface area (Å²) < 4.78 is 21.8. The van der Waals surface area contributed by atoms with Crippen molar-refractivity contribution in [2.75, 3.05) is 19.8 Å². The normalized spacial score (nSPS) is 44.8. The fourth-order valence-electron chi connectivity index (χ4n) is 3.33. The molecule has 0 bridgehead atoms. The maximum Gasteiger partial charge on any atom is 0.187 e. The first-order chi connectivity index (χ1) is 13.2. The molecule has 2 rings (SSSR count). The SMILES string of the molecule is CC(C)OCCC1OC(CO)C(OC2OC(CO)C(O)C(O)C2O)C(O)C1O.